The van der Waals surface area contributed by atoms with E-state index >= 15 is 0 Å². The van der Waals surface area contributed by atoms with Crippen LogP contribution in [-0.4, -0.2) is 23.5 Å². The molecular formula is C15H18ClN3. The fourth-order valence-corrected chi connectivity index (χ4v) is 2.44. The lowest BCUT2D eigenvalue weighted by molar-refractivity contribution is 0.241. The first-order chi connectivity index (χ1) is 9.22. The molecule has 2 aromatic rings. The van der Waals surface area contributed by atoms with Gasteiger partial charge in [-0.3, -0.25) is 9.88 Å². The molecule has 0 saturated heterocycles. The molecular weight excluding hydrogens is 258 g/mol. The Bertz CT molecular complexity index is 516. The first-order valence-electron chi connectivity index (χ1n) is 6.26. The second kappa shape index (κ2) is 6.66. The van der Waals surface area contributed by atoms with Crippen molar-refractivity contribution in [2.45, 2.75) is 12.6 Å². The lowest BCUT2D eigenvalue weighted by atomic mass is 10.1. The molecule has 1 aromatic carbocycles. The van der Waals surface area contributed by atoms with E-state index in [0.717, 1.165) is 22.7 Å². The Labute approximate surface area is 119 Å². The SMILES string of the molecule is CN(Cc1cccnc1)C(CN)c1ccccc1Cl. The van der Waals surface area contributed by atoms with Crippen LogP contribution in [-0.2, 0) is 6.54 Å². The average Bonchev–Trinajstić information content (AvgIpc) is 2.43. The number of pyridine rings is 1. The first-order valence-corrected chi connectivity index (χ1v) is 6.64. The zero-order valence-corrected chi connectivity index (χ0v) is 11.7. The van der Waals surface area contributed by atoms with Gasteiger partial charge in [-0.1, -0.05) is 35.9 Å². The molecule has 0 saturated carbocycles. The zero-order chi connectivity index (χ0) is 13.7. The molecule has 100 valence electrons. The molecule has 0 radical (unpaired) electrons. The Balaban J connectivity index is 2.16. The maximum Gasteiger partial charge on any atom is 0.0485 e. The predicted molar refractivity (Wildman–Crippen MR) is 79.0 cm³/mol. The maximum atomic E-state index is 6.25. The topological polar surface area (TPSA) is 42.2 Å². The van der Waals surface area contributed by atoms with Gasteiger partial charge in [-0.15, -0.1) is 0 Å². The van der Waals surface area contributed by atoms with Gasteiger partial charge in [-0.2, -0.15) is 0 Å². The van der Waals surface area contributed by atoms with Crippen molar-refractivity contribution in [3.8, 4) is 0 Å². The molecule has 1 heterocycles. The molecule has 19 heavy (non-hydrogen) atoms. The number of hydrogen-bond donors (Lipinski definition) is 1. The molecule has 0 spiro atoms. The largest absolute Gasteiger partial charge is 0.329 e. The van der Waals surface area contributed by atoms with Gasteiger partial charge in [0.2, 0.25) is 0 Å². The molecule has 2 rings (SSSR count). The summed E-state index contributed by atoms with van der Waals surface area (Å²) in [6.07, 6.45) is 3.65. The van der Waals surface area contributed by atoms with Crippen LogP contribution in [0.15, 0.2) is 48.8 Å². The van der Waals surface area contributed by atoms with E-state index in [9.17, 15) is 0 Å². The van der Waals surface area contributed by atoms with E-state index in [4.69, 9.17) is 17.3 Å². The summed E-state index contributed by atoms with van der Waals surface area (Å²) in [5.41, 5.74) is 8.14. The molecule has 2 N–H and O–H groups in total. The number of benzene rings is 1. The number of rotatable bonds is 5. The van der Waals surface area contributed by atoms with Crippen molar-refractivity contribution < 1.29 is 0 Å². The van der Waals surface area contributed by atoms with Crippen LogP contribution < -0.4 is 5.73 Å². The summed E-state index contributed by atoms with van der Waals surface area (Å²) in [6.45, 7) is 1.32. The van der Waals surface area contributed by atoms with E-state index in [1.165, 1.54) is 0 Å². The van der Waals surface area contributed by atoms with Crippen LogP contribution in [0.1, 0.15) is 17.2 Å². The number of halogens is 1. The summed E-state index contributed by atoms with van der Waals surface area (Å²) < 4.78 is 0. The summed E-state index contributed by atoms with van der Waals surface area (Å²) >= 11 is 6.25. The summed E-state index contributed by atoms with van der Waals surface area (Å²) in [4.78, 5) is 6.32. The Kier molecular flexibility index (Phi) is 4.91. The molecule has 1 unspecified atom stereocenters. The molecule has 4 heteroatoms. The van der Waals surface area contributed by atoms with E-state index < -0.39 is 0 Å². The maximum absolute atomic E-state index is 6.25. The Morgan fingerprint density at radius 1 is 1.26 bits per heavy atom. The lowest BCUT2D eigenvalue weighted by Crippen LogP contribution is -2.30. The molecule has 0 bridgehead atoms. The molecule has 0 aliphatic carbocycles. The van der Waals surface area contributed by atoms with Crippen LogP contribution in [0.5, 0.6) is 0 Å². The molecule has 0 fully saturated rings. The fourth-order valence-electron chi connectivity index (χ4n) is 2.18. The van der Waals surface area contributed by atoms with Gasteiger partial charge in [0, 0.05) is 36.5 Å². The van der Waals surface area contributed by atoms with Crippen molar-refractivity contribution in [2.75, 3.05) is 13.6 Å². The zero-order valence-electron chi connectivity index (χ0n) is 11.0. The highest BCUT2D eigenvalue weighted by Crippen LogP contribution is 2.26. The summed E-state index contributed by atoms with van der Waals surface area (Å²) in [6, 6.07) is 12.0. The molecule has 0 amide bonds. The van der Waals surface area contributed by atoms with Crippen LogP contribution >= 0.6 is 11.6 Å². The Hall–Kier alpha value is -1.42. The Morgan fingerprint density at radius 3 is 2.68 bits per heavy atom. The van der Waals surface area contributed by atoms with E-state index in [1.54, 1.807) is 6.20 Å². The summed E-state index contributed by atoms with van der Waals surface area (Å²) in [5.74, 6) is 0. The van der Waals surface area contributed by atoms with Gasteiger partial charge >= 0.3 is 0 Å². The molecule has 1 atom stereocenters. The highest BCUT2D eigenvalue weighted by atomic mass is 35.5. The van der Waals surface area contributed by atoms with Gasteiger partial charge in [-0.05, 0) is 30.3 Å². The second-order valence-electron chi connectivity index (χ2n) is 4.55. The molecule has 0 aliphatic rings. The number of nitrogens with two attached hydrogens (primary N) is 1. The van der Waals surface area contributed by atoms with Crippen molar-refractivity contribution in [3.63, 3.8) is 0 Å². The first kappa shape index (κ1) is 14.0. The van der Waals surface area contributed by atoms with Gasteiger partial charge in [0.15, 0.2) is 0 Å². The molecule has 3 nitrogen and oxygen atoms in total. The number of likely N-dealkylation sites (N-methyl/N-ethyl adjacent to an activating group) is 1. The van der Waals surface area contributed by atoms with Crippen molar-refractivity contribution in [3.05, 3.63) is 64.9 Å². The number of nitrogens with zero attached hydrogens (tertiary/aromatic N) is 2. The van der Waals surface area contributed by atoms with Crippen LogP contribution in [0.3, 0.4) is 0 Å². The third-order valence-corrected chi connectivity index (χ3v) is 3.52. The number of aromatic nitrogens is 1. The monoisotopic (exact) mass is 275 g/mol. The second-order valence-corrected chi connectivity index (χ2v) is 4.96. The lowest BCUT2D eigenvalue weighted by Gasteiger charge is -2.28. The third-order valence-electron chi connectivity index (χ3n) is 3.17. The average molecular weight is 276 g/mol. The van der Waals surface area contributed by atoms with Gasteiger partial charge in [0.25, 0.3) is 0 Å². The highest BCUT2D eigenvalue weighted by Gasteiger charge is 2.17. The Morgan fingerprint density at radius 2 is 2.05 bits per heavy atom. The van der Waals surface area contributed by atoms with Crippen LogP contribution in [0.25, 0.3) is 0 Å². The minimum Gasteiger partial charge on any atom is -0.329 e. The van der Waals surface area contributed by atoms with E-state index in [-0.39, 0.29) is 6.04 Å². The minimum absolute atomic E-state index is 0.105. The number of hydrogen-bond acceptors (Lipinski definition) is 3. The standard InChI is InChI=1S/C15H18ClN3/c1-19(11-12-5-4-8-18-10-12)15(9-17)13-6-2-3-7-14(13)16/h2-8,10,15H,9,11,17H2,1H3. The van der Waals surface area contributed by atoms with Crippen molar-refractivity contribution in [1.29, 1.82) is 0 Å². The van der Waals surface area contributed by atoms with E-state index in [1.807, 2.05) is 43.6 Å². The van der Waals surface area contributed by atoms with Gasteiger partial charge in [0.05, 0.1) is 0 Å². The summed E-state index contributed by atoms with van der Waals surface area (Å²) in [7, 11) is 2.05. The van der Waals surface area contributed by atoms with Crippen molar-refractivity contribution >= 4 is 11.6 Å². The normalized spacial score (nSPS) is 12.6. The van der Waals surface area contributed by atoms with Gasteiger partial charge in [-0.25, -0.2) is 0 Å². The van der Waals surface area contributed by atoms with Gasteiger partial charge in [0.1, 0.15) is 0 Å². The van der Waals surface area contributed by atoms with Crippen molar-refractivity contribution in [1.82, 2.24) is 9.88 Å². The summed E-state index contributed by atoms with van der Waals surface area (Å²) in [5, 5.41) is 0.760. The van der Waals surface area contributed by atoms with Gasteiger partial charge < -0.3 is 5.73 Å². The molecule has 0 aliphatic heterocycles. The van der Waals surface area contributed by atoms with E-state index in [2.05, 4.69) is 16.0 Å². The third kappa shape index (κ3) is 3.53. The minimum atomic E-state index is 0.105. The smallest absolute Gasteiger partial charge is 0.0485 e. The van der Waals surface area contributed by atoms with Crippen LogP contribution in [0, 0.1) is 0 Å². The predicted octanol–water partition coefficient (Wildman–Crippen LogP) is 2.87. The molecule has 1 aromatic heterocycles. The van der Waals surface area contributed by atoms with E-state index in [0.29, 0.717) is 6.54 Å². The van der Waals surface area contributed by atoms with Crippen molar-refractivity contribution in [2.24, 2.45) is 5.73 Å². The fraction of sp³-hybridized carbons (Fsp3) is 0.267. The highest BCUT2D eigenvalue weighted by molar-refractivity contribution is 6.31. The van der Waals surface area contributed by atoms with Crippen LogP contribution in [0.4, 0.5) is 0 Å². The van der Waals surface area contributed by atoms with Crippen LogP contribution in [0.2, 0.25) is 5.02 Å². The quantitative estimate of drug-likeness (QED) is 0.912.